The summed E-state index contributed by atoms with van der Waals surface area (Å²) < 4.78 is 0. The number of rotatable bonds is 5. The zero-order chi connectivity index (χ0) is 17.7. The maximum Gasteiger partial charge on any atom is 0.237 e. The van der Waals surface area contributed by atoms with Gasteiger partial charge >= 0.3 is 0 Å². The highest BCUT2D eigenvalue weighted by molar-refractivity contribution is 6.30. The van der Waals surface area contributed by atoms with E-state index in [9.17, 15) is 9.59 Å². The van der Waals surface area contributed by atoms with E-state index in [4.69, 9.17) is 11.6 Å². The molecule has 0 spiro atoms. The summed E-state index contributed by atoms with van der Waals surface area (Å²) in [6.07, 6.45) is 2.88. The Morgan fingerprint density at radius 2 is 1.96 bits per heavy atom. The lowest BCUT2D eigenvalue weighted by Gasteiger charge is -2.36. The van der Waals surface area contributed by atoms with Crippen LogP contribution < -0.4 is 5.32 Å². The number of hydrogen-bond donors (Lipinski definition) is 1. The van der Waals surface area contributed by atoms with Crippen molar-refractivity contribution < 1.29 is 9.59 Å². The monoisotopic (exact) mass is 350 g/mol. The van der Waals surface area contributed by atoms with E-state index < -0.39 is 5.41 Å². The van der Waals surface area contributed by atoms with E-state index in [0.717, 1.165) is 31.5 Å². The van der Waals surface area contributed by atoms with E-state index in [1.807, 2.05) is 29.2 Å². The molecule has 1 N–H and O–H groups in total. The van der Waals surface area contributed by atoms with Crippen molar-refractivity contribution in [3.63, 3.8) is 0 Å². The molecular weight excluding hydrogens is 324 g/mol. The summed E-state index contributed by atoms with van der Waals surface area (Å²) >= 11 is 5.86. The number of nitrogens with one attached hydrogen (secondary N) is 1. The molecule has 1 aliphatic heterocycles. The van der Waals surface area contributed by atoms with Gasteiger partial charge in [-0.25, -0.2) is 0 Å². The van der Waals surface area contributed by atoms with Crippen molar-refractivity contribution in [3.05, 3.63) is 34.9 Å². The summed E-state index contributed by atoms with van der Waals surface area (Å²) in [7, 11) is 0. The van der Waals surface area contributed by atoms with Gasteiger partial charge in [-0.2, -0.15) is 0 Å². The van der Waals surface area contributed by atoms with Gasteiger partial charge in [0, 0.05) is 24.7 Å². The summed E-state index contributed by atoms with van der Waals surface area (Å²) in [5.41, 5.74) is 0.0746. The molecule has 1 aromatic carbocycles. The minimum absolute atomic E-state index is 0.0713. The number of benzene rings is 1. The SMILES string of the molecule is CC1CCCN(C(=O)C(C)(C)C(=O)NCCc2ccc(Cl)cc2)C1. The number of likely N-dealkylation sites (tertiary alicyclic amines) is 1. The maximum atomic E-state index is 12.7. The quantitative estimate of drug-likeness (QED) is 0.828. The van der Waals surface area contributed by atoms with Crippen LogP contribution in [0.1, 0.15) is 39.2 Å². The largest absolute Gasteiger partial charge is 0.355 e. The highest BCUT2D eigenvalue weighted by atomic mass is 35.5. The molecule has 1 aliphatic rings. The van der Waals surface area contributed by atoms with Crippen molar-refractivity contribution in [1.29, 1.82) is 0 Å². The molecule has 132 valence electrons. The lowest BCUT2D eigenvalue weighted by atomic mass is 9.88. The number of halogens is 1. The minimum atomic E-state index is -1.03. The molecule has 1 saturated heterocycles. The van der Waals surface area contributed by atoms with E-state index in [1.54, 1.807) is 13.8 Å². The fourth-order valence-corrected chi connectivity index (χ4v) is 3.18. The molecule has 0 bridgehead atoms. The van der Waals surface area contributed by atoms with Crippen LogP contribution in [0.4, 0.5) is 0 Å². The van der Waals surface area contributed by atoms with E-state index in [0.29, 0.717) is 23.9 Å². The first-order valence-corrected chi connectivity index (χ1v) is 9.00. The predicted octanol–water partition coefficient (Wildman–Crippen LogP) is 3.28. The molecule has 2 rings (SSSR count). The van der Waals surface area contributed by atoms with Crippen molar-refractivity contribution in [2.24, 2.45) is 11.3 Å². The second kappa shape index (κ2) is 8.02. The van der Waals surface area contributed by atoms with Gasteiger partial charge < -0.3 is 10.2 Å². The van der Waals surface area contributed by atoms with Crippen molar-refractivity contribution >= 4 is 23.4 Å². The normalized spacial score (nSPS) is 18.3. The Bertz CT molecular complexity index is 584. The standard InChI is InChI=1S/C19H27ClN2O2/c1-14-5-4-12-22(13-14)18(24)19(2,3)17(23)21-11-10-15-6-8-16(20)9-7-15/h6-9,14H,4-5,10-13H2,1-3H3,(H,21,23). The van der Waals surface area contributed by atoms with Gasteiger partial charge in [-0.1, -0.05) is 30.7 Å². The van der Waals surface area contributed by atoms with Crippen LogP contribution >= 0.6 is 11.6 Å². The second-order valence-corrected chi connectivity index (χ2v) is 7.69. The summed E-state index contributed by atoms with van der Waals surface area (Å²) in [4.78, 5) is 27.1. The average molecular weight is 351 g/mol. The molecule has 1 unspecified atom stereocenters. The lowest BCUT2D eigenvalue weighted by molar-refractivity contribution is -0.149. The Hall–Kier alpha value is -1.55. The van der Waals surface area contributed by atoms with E-state index in [-0.39, 0.29) is 11.8 Å². The first-order valence-electron chi connectivity index (χ1n) is 8.63. The molecule has 1 aromatic rings. The third kappa shape index (κ3) is 4.73. The van der Waals surface area contributed by atoms with Gasteiger partial charge in [0.25, 0.3) is 0 Å². The summed E-state index contributed by atoms with van der Waals surface area (Å²) in [5.74, 6) is 0.226. The second-order valence-electron chi connectivity index (χ2n) is 7.26. The number of amides is 2. The van der Waals surface area contributed by atoms with Crippen LogP contribution in [0.25, 0.3) is 0 Å². The van der Waals surface area contributed by atoms with E-state index >= 15 is 0 Å². The van der Waals surface area contributed by atoms with Gasteiger partial charge in [-0.15, -0.1) is 0 Å². The van der Waals surface area contributed by atoms with Crippen LogP contribution in [0.5, 0.6) is 0 Å². The third-order valence-electron chi connectivity index (χ3n) is 4.66. The molecule has 0 saturated carbocycles. The van der Waals surface area contributed by atoms with Gasteiger partial charge in [-0.05, 0) is 56.7 Å². The molecule has 0 aromatic heterocycles. The summed E-state index contributed by atoms with van der Waals surface area (Å²) in [6.45, 7) is 7.59. The highest BCUT2D eigenvalue weighted by Crippen LogP contribution is 2.24. The van der Waals surface area contributed by atoms with Crippen LogP contribution in [-0.2, 0) is 16.0 Å². The Labute approximate surface area is 149 Å². The lowest BCUT2D eigenvalue weighted by Crippen LogP contribution is -2.52. The molecule has 1 atom stereocenters. The molecular formula is C19H27ClN2O2. The van der Waals surface area contributed by atoms with Gasteiger partial charge in [0.1, 0.15) is 5.41 Å². The first-order chi connectivity index (χ1) is 11.3. The van der Waals surface area contributed by atoms with Crippen LogP contribution in [0, 0.1) is 11.3 Å². The summed E-state index contributed by atoms with van der Waals surface area (Å²) in [6, 6.07) is 7.56. The number of nitrogens with zero attached hydrogens (tertiary/aromatic N) is 1. The maximum absolute atomic E-state index is 12.7. The van der Waals surface area contributed by atoms with Crippen molar-refractivity contribution in [2.75, 3.05) is 19.6 Å². The van der Waals surface area contributed by atoms with Crippen LogP contribution in [0.15, 0.2) is 24.3 Å². The molecule has 0 aliphatic carbocycles. The van der Waals surface area contributed by atoms with E-state index in [2.05, 4.69) is 12.2 Å². The Kier molecular flexibility index (Phi) is 6.27. The zero-order valence-electron chi connectivity index (χ0n) is 14.8. The van der Waals surface area contributed by atoms with Crippen molar-refractivity contribution in [2.45, 2.75) is 40.0 Å². The van der Waals surface area contributed by atoms with Crippen LogP contribution in [0.2, 0.25) is 5.02 Å². The van der Waals surface area contributed by atoms with Gasteiger partial charge in [0.05, 0.1) is 0 Å². The minimum Gasteiger partial charge on any atom is -0.355 e. The molecule has 4 nitrogen and oxygen atoms in total. The first kappa shape index (κ1) is 18.8. The zero-order valence-corrected chi connectivity index (χ0v) is 15.5. The van der Waals surface area contributed by atoms with Gasteiger partial charge in [0.15, 0.2) is 0 Å². The van der Waals surface area contributed by atoms with Crippen LogP contribution in [-0.4, -0.2) is 36.3 Å². The Balaban J connectivity index is 1.87. The number of carbonyl (C=O) groups is 2. The van der Waals surface area contributed by atoms with Crippen LogP contribution in [0.3, 0.4) is 0 Å². The Morgan fingerprint density at radius 3 is 2.58 bits per heavy atom. The smallest absolute Gasteiger partial charge is 0.237 e. The third-order valence-corrected chi connectivity index (χ3v) is 4.91. The average Bonchev–Trinajstić information content (AvgIpc) is 2.55. The molecule has 1 heterocycles. The molecule has 24 heavy (non-hydrogen) atoms. The Morgan fingerprint density at radius 1 is 1.29 bits per heavy atom. The van der Waals surface area contributed by atoms with E-state index in [1.165, 1.54) is 0 Å². The molecule has 2 amide bonds. The number of piperidine rings is 1. The van der Waals surface area contributed by atoms with Gasteiger partial charge in [0.2, 0.25) is 11.8 Å². The summed E-state index contributed by atoms with van der Waals surface area (Å²) in [5, 5.41) is 3.60. The van der Waals surface area contributed by atoms with Gasteiger partial charge in [-0.3, -0.25) is 9.59 Å². The van der Waals surface area contributed by atoms with Crippen molar-refractivity contribution in [3.8, 4) is 0 Å². The molecule has 5 heteroatoms. The fraction of sp³-hybridized carbons (Fsp3) is 0.579. The number of carbonyl (C=O) groups excluding carboxylic acids is 2. The molecule has 0 radical (unpaired) electrons. The highest BCUT2D eigenvalue weighted by Gasteiger charge is 2.39. The fourth-order valence-electron chi connectivity index (χ4n) is 3.06. The predicted molar refractivity (Wildman–Crippen MR) is 96.9 cm³/mol. The molecule has 1 fully saturated rings. The van der Waals surface area contributed by atoms with Crippen molar-refractivity contribution in [1.82, 2.24) is 10.2 Å². The topological polar surface area (TPSA) is 49.4 Å². The number of hydrogen-bond acceptors (Lipinski definition) is 2.